The predicted octanol–water partition coefficient (Wildman–Crippen LogP) is 4.14. The summed E-state index contributed by atoms with van der Waals surface area (Å²) in [7, 11) is -3.69. The van der Waals surface area contributed by atoms with Crippen LogP contribution in [0.3, 0.4) is 0 Å². The Hall–Kier alpha value is -1.84. The molecule has 2 aromatic rings. The van der Waals surface area contributed by atoms with Gasteiger partial charge in [0, 0.05) is 34.4 Å². The molecule has 0 atom stereocenters. The fraction of sp³-hybridized carbons (Fsp3) is 0.600. The summed E-state index contributed by atoms with van der Waals surface area (Å²) in [6.45, 7) is 5.97. The Morgan fingerprint density at radius 2 is 1.79 bits per heavy atom. The highest BCUT2D eigenvalue weighted by Crippen LogP contribution is 2.75. The van der Waals surface area contributed by atoms with Crippen molar-refractivity contribution in [3.05, 3.63) is 24.3 Å². The minimum absolute atomic E-state index is 0.0454. The third-order valence-corrected chi connectivity index (χ3v) is 11.5. The number of sulfonamides is 1. The van der Waals surface area contributed by atoms with Crippen molar-refractivity contribution in [1.82, 2.24) is 9.71 Å². The summed E-state index contributed by atoms with van der Waals surface area (Å²) in [6.07, 6.45) is 7.89. The van der Waals surface area contributed by atoms with E-state index < -0.39 is 10.0 Å². The molecule has 3 aliphatic carbocycles. The number of hydrogen-bond donors (Lipinski definition) is 2. The lowest BCUT2D eigenvalue weighted by Gasteiger charge is -2.40. The van der Waals surface area contributed by atoms with Crippen molar-refractivity contribution in [2.75, 3.05) is 29.6 Å². The first-order valence-corrected chi connectivity index (χ1v) is 14.9. The number of nitrogens with zero attached hydrogens (tertiary/aromatic N) is 2. The van der Waals surface area contributed by atoms with Gasteiger partial charge < -0.3 is 10.2 Å². The molecule has 4 aliphatic rings. The molecule has 1 aromatic carbocycles. The minimum Gasteiger partial charge on any atom is -0.371 e. The summed E-state index contributed by atoms with van der Waals surface area (Å²) in [4.78, 5) is 19.8. The first-order valence-electron chi connectivity index (χ1n) is 12.2. The van der Waals surface area contributed by atoms with Crippen LogP contribution in [0.2, 0.25) is 0 Å². The number of anilines is 2. The molecule has 1 amide bonds. The van der Waals surface area contributed by atoms with Crippen LogP contribution in [0.1, 0.15) is 52.4 Å². The average molecular weight is 501 g/mol. The first kappa shape index (κ1) is 22.6. The summed E-state index contributed by atoms with van der Waals surface area (Å²) >= 11 is 1.90. The Kier molecular flexibility index (Phi) is 4.88. The van der Waals surface area contributed by atoms with Gasteiger partial charge in [-0.25, -0.2) is 18.1 Å². The topological polar surface area (TPSA) is 91.4 Å². The van der Waals surface area contributed by atoms with Gasteiger partial charge in [-0.15, -0.1) is 0 Å². The third-order valence-electron chi connectivity index (χ3n) is 8.48. The SMILES string of the molecule is CSC1(C)CCN(c2cc(S(=O)(=O)NC3(C)CC3)cc3nc(NC(=O)C45CC4C5)ccc23)CC1. The Bertz CT molecular complexity index is 1290. The molecule has 0 radical (unpaired) electrons. The molecule has 2 N–H and O–H groups in total. The molecule has 1 saturated heterocycles. The van der Waals surface area contributed by atoms with Crippen LogP contribution in [0, 0.1) is 11.3 Å². The quantitative estimate of drug-likeness (QED) is 0.594. The molecule has 4 fully saturated rings. The van der Waals surface area contributed by atoms with E-state index in [-0.39, 0.29) is 26.5 Å². The van der Waals surface area contributed by atoms with Gasteiger partial charge in [0.05, 0.1) is 15.8 Å². The number of piperidine rings is 1. The van der Waals surface area contributed by atoms with Crippen molar-refractivity contribution in [2.24, 2.45) is 11.3 Å². The second-order valence-corrected chi connectivity index (χ2v) is 14.3. The van der Waals surface area contributed by atoms with Crippen molar-refractivity contribution in [2.45, 2.75) is 67.6 Å². The van der Waals surface area contributed by atoms with Gasteiger partial charge in [0.1, 0.15) is 5.82 Å². The minimum atomic E-state index is -3.69. The van der Waals surface area contributed by atoms with Crippen LogP contribution in [-0.2, 0) is 14.8 Å². The normalized spacial score (nSPS) is 28.3. The number of rotatable bonds is 7. The van der Waals surface area contributed by atoms with Crippen LogP contribution >= 0.6 is 11.8 Å². The van der Waals surface area contributed by atoms with E-state index in [0.717, 1.165) is 62.7 Å². The maximum Gasteiger partial charge on any atom is 0.241 e. The molecule has 6 rings (SSSR count). The fourth-order valence-corrected chi connectivity index (χ4v) is 7.18. The van der Waals surface area contributed by atoms with Crippen LogP contribution in [0.15, 0.2) is 29.2 Å². The van der Waals surface area contributed by atoms with Crippen LogP contribution < -0.4 is 14.9 Å². The van der Waals surface area contributed by atoms with Crippen LogP contribution in [0.5, 0.6) is 0 Å². The largest absolute Gasteiger partial charge is 0.371 e. The lowest BCUT2D eigenvalue weighted by molar-refractivity contribution is -0.119. The fourth-order valence-electron chi connectivity index (χ4n) is 5.09. The second-order valence-electron chi connectivity index (χ2n) is 11.2. The van der Waals surface area contributed by atoms with E-state index in [4.69, 9.17) is 4.98 Å². The second kappa shape index (κ2) is 7.34. The number of aromatic nitrogens is 1. The van der Waals surface area contributed by atoms with E-state index >= 15 is 0 Å². The van der Waals surface area contributed by atoms with Crippen molar-refractivity contribution >= 4 is 50.1 Å². The third kappa shape index (κ3) is 3.89. The van der Waals surface area contributed by atoms with Gasteiger partial charge in [-0.1, -0.05) is 6.92 Å². The van der Waals surface area contributed by atoms with Gasteiger partial charge in [-0.3, -0.25) is 4.79 Å². The van der Waals surface area contributed by atoms with E-state index in [1.165, 1.54) is 0 Å². The van der Waals surface area contributed by atoms with Gasteiger partial charge >= 0.3 is 0 Å². The molecule has 1 aliphatic heterocycles. The molecule has 0 bridgehead atoms. The maximum atomic E-state index is 13.3. The lowest BCUT2D eigenvalue weighted by atomic mass is 9.97. The number of pyridine rings is 1. The molecular weight excluding hydrogens is 468 g/mol. The molecule has 0 spiro atoms. The zero-order valence-electron chi connectivity index (χ0n) is 20.0. The standard InChI is InChI=1S/C25H32N4O3S2/c1-23(6-7-23)28-34(31,32)17-12-19-18(20(13-17)29-10-8-24(2,33-3)9-11-29)4-5-21(26-19)27-22(30)25-14-16(25)15-25/h4-5,12-13,16,28H,6-11,14-15H2,1-3H3,(H,26,27,30). The van der Waals surface area contributed by atoms with Crippen LogP contribution in [0.4, 0.5) is 11.5 Å². The zero-order chi connectivity index (χ0) is 23.9. The number of amides is 1. The van der Waals surface area contributed by atoms with E-state index in [2.05, 4.69) is 28.1 Å². The highest BCUT2D eigenvalue weighted by Gasteiger charge is 2.74. The van der Waals surface area contributed by atoms with Gasteiger partial charge in [0.2, 0.25) is 15.9 Å². The van der Waals surface area contributed by atoms with Crippen molar-refractivity contribution in [3.63, 3.8) is 0 Å². The monoisotopic (exact) mass is 500 g/mol. The van der Waals surface area contributed by atoms with E-state index in [0.29, 0.717) is 17.3 Å². The molecule has 0 unspecified atom stereocenters. The molecule has 7 nitrogen and oxygen atoms in total. The van der Waals surface area contributed by atoms with E-state index in [1.807, 2.05) is 30.8 Å². The van der Waals surface area contributed by atoms with Gasteiger partial charge in [0.25, 0.3) is 0 Å². The van der Waals surface area contributed by atoms with Crippen molar-refractivity contribution in [3.8, 4) is 0 Å². The molecule has 3 saturated carbocycles. The van der Waals surface area contributed by atoms with Crippen LogP contribution in [0.25, 0.3) is 10.9 Å². The molecule has 9 heteroatoms. The van der Waals surface area contributed by atoms with E-state index in [9.17, 15) is 13.2 Å². The van der Waals surface area contributed by atoms with Gasteiger partial charge in [-0.2, -0.15) is 11.8 Å². The summed E-state index contributed by atoms with van der Waals surface area (Å²) < 4.78 is 29.7. The Morgan fingerprint density at radius 1 is 1.12 bits per heavy atom. The molecular formula is C25H32N4O3S2. The number of benzene rings is 1. The molecule has 2 heterocycles. The number of fused-ring (bicyclic) bond motifs is 2. The Morgan fingerprint density at radius 3 is 2.38 bits per heavy atom. The smallest absolute Gasteiger partial charge is 0.241 e. The first-order chi connectivity index (χ1) is 16.0. The van der Waals surface area contributed by atoms with E-state index in [1.54, 1.807) is 12.1 Å². The summed E-state index contributed by atoms with van der Waals surface area (Å²) in [5.41, 5.74) is 0.993. The predicted molar refractivity (Wildman–Crippen MR) is 137 cm³/mol. The van der Waals surface area contributed by atoms with Crippen LogP contribution in [-0.4, -0.2) is 48.9 Å². The molecule has 182 valence electrons. The summed E-state index contributed by atoms with van der Waals surface area (Å²) in [6, 6.07) is 7.26. The highest BCUT2D eigenvalue weighted by molar-refractivity contribution is 7.99. The number of carbonyl (C=O) groups is 1. The van der Waals surface area contributed by atoms with Crippen molar-refractivity contribution in [1.29, 1.82) is 0 Å². The summed E-state index contributed by atoms with van der Waals surface area (Å²) in [5.74, 6) is 1.09. The highest BCUT2D eigenvalue weighted by atomic mass is 32.2. The Labute approximate surface area is 205 Å². The number of hydrogen-bond acceptors (Lipinski definition) is 6. The molecule has 1 aromatic heterocycles. The maximum absolute atomic E-state index is 13.3. The average Bonchev–Trinajstić information content (AvgIpc) is 3.70. The lowest BCUT2D eigenvalue weighted by Crippen LogP contribution is -2.41. The van der Waals surface area contributed by atoms with Gasteiger partial charge in [0.15, 0.2) is 0 Å². The summed E-state index contributed by atoms with van der Waals surface area (Å²) in [5, 5.41) is 3.88. The Balaban J connectivity index is 1.38. The van der Waals surface area contributed by atoms with Gasteiger partial charge in [-0.05, 0) is 81.9 Å². The number of nitrogens with one attached hydrogen (secondary N) is 2. The number of carbonyl (C=O) groups excluding carboxylic acids is 1. The van der Waals surface area contributed by atoms with Crippen molar-refractivity contribution < 1.29 is 13.2 Å². The number of thioether (sulfide) groups is 1. The molecule has 34 heavy (non-hydrogen) atoms. The zero-order valence-corrected chi connectivity index (χ0v) is 21.6.